The third-order valence-corrected chi connectivity index (χ3v) is 5.98. The zero-order valence-corrected chi connectivity index (χ0v) is 14.4. The van der Waals surface area contributed by atoms with Crippen LogP contribution in [0.3, 0.4) is 0 Å². The Hall–Kier alpha value is -1.60. The fourth-order valence-electron chi connectivity index (χ4n) is 2.27. The monoisotopic (exact) mass is 340 g/mol. The lowest BCUT2D eigenvalue weighted by Gasteiger charge is -2.12. The quantitative estimate of drug-likeness (QED) is 0.832. The number of amides is 2. The number of carbonyl (C=O) groups excluding carboxylic acids is 1. The fourth-order valence-corrected chi connectivity index (χ4v) is 3.26. The first kappa shape index (κ1) is 17.7. The number of urea groups is 1. The second kappa shape index (κ2) is 7.79. The molecule has 0 aromatic heterocycles. The highest BCUT2D eigenvalue weighted by molar-refractivity contribution is 7.91. The Morgan fingerprint density at radius 3 is 2.57 bits per heavy atom. The lowest BCUT2D eigenvalue weighted by molar-refractivity contribution is 0.112. The number of benzene rings is 1. The van der Waals surface area contributed by atoms with E-state index in [0.717, 1.165) is 19.4 Å². The molecule has 0 aliphatic carbocycles. The average Bonchev–Trinajstić information content (AvgIpc) is 3.00. The van der Waals surface area contributed by atoms with Crippen LogP contribution in [0.5, 0.6) is 0 Å². The lowest BCUT2D eigenvalue weighted by atomic mass is 10.2. The van der Waals surface area contributed by atoms with E-state index in [1.54, 1.807) is 38.1 Å². The maximum absolute atomic E-state index is 11.9. The van der Waals surface area contributed by atoms with Crippen LogP contribution in [0.4, 0.5) is 10.5 Å². The van der Waals surface area contributed by atoms with Crippen LogP contribution in [-0.4, -0.2) is 39.0 Å². The van der Waals surface area contributed by atoms with Crippen molar-refractivity contribution in [2.75, 3.05) is 18.5 Å². The van der Waals surface area contributed by atoms with Crippen molar-refractivity contribution >= 4 is 21.6 Å². The molecular weight excluding hydrogens is 316 g/mol. The van der Waals surface area contributed by atoms with Crippen molar-refractivity contribution in [3.63, 3.8) is 0 Å². The van der Waals surface area contributed by atoms with E-state index in [1.165, 1.54) is 0 Å². The van der Waals surface area contributed by atoms with Gasteiger partial charge in [-0.2, -0.15) is 0 Å². The highest BCUT2D eigenvalue weighted by Gasteiger charge is 2.17. The molecule has 1 fully saturated rings. The van der Waals surface area contributed by atoms with Gasteiger partial charge in [-0.3, -0.25) is 0 Å². The minimum atomic E-state index is -3.12. The van der Waals surface area contributed by atoms with E-state index in [2.05, 4.69) is 10.6 Å². The predicted octanol–water partition coefficient (Wildman–Crippen LogP) is 2.31. The van der Waals surface area contributed by atoms with Crippen molar-refractivity contribution < 1.29 is 17.9 Å². The van der Waals surface area contributed by atoms with Gasteiger partial charge in [0.05, 0.1) is 17.1 Å². The van der Waals surface area contributed by atoms with Crippen molar-refractivity contribution in [2.24, 2.45) is 0 Å². The van der Waals surface area contributed by atoms with Gasteiger partial charge in [0.2, 0.25) is 0 Å². The zero-order chi connectivity index (χ0) is 16.9. The Labute approximate surface area is 137 Å². The molecule has 1 aliphatic heterocycles. The van der Waals surface area contributed by atoms with Gasteiger partial charge >= 0.3 is 6.03 Å². The molecule has 2 rings (SSSR count). The number of hydrogen-bond acceptors (Lipinski definition) is 4. The molecule has 1 heterocycles. The highest BCUT2D eigenvalue weighted by atomic mass is 32.2. The van der Waals surface area contributed by atoms with E-state index in [0.29, 0.717) is 17.8 Å². The number of nitrogens with one attached hydrogen (secondary N) is 2. The summed E-state index contributed by atoms with van der Waals surface area (Å²) in [4.78, 5) is 11.8. The molecule has 1 saturated heterocycles. The average molecular weight is 340 g/mol. The predicted molar refractivity (Wildman–Crippen MR) is 90.2 cm³/mol. The SMILES string of the molecule is CC(C)S(=O)(=O)Cc1ccc(NC(=O)NC[C@H]2CCCO2)cc1. The van der Waals surface area contributed by atoms with E-state index < -0.39 is 15.1 Å². The first-order valence-electron chi connectivity index (χ1n) is 7.84. The van der Waals surface area contributed by atoms with Crippen LogP contribution in [-0.2, 0) is 20.3 Å². The maximum Gasteiger partial charge on any atom is 0.319 e. The summed E-state index contributed by atoms with van der Waals surface area (Å²) in [5.74, 6) is 0.0101. The van der Waals surface area contributed by atoms with Crippen LogP contribution in [0.1, 0.15) is 32.3 Å². The van der Waals surface area contributed by atoms with Crippen LogP contribution in [0.25, 0.3) is 0 Å². The third-order valence-electron chi connectivity index (χ3n) is 3.81. The largest absolute Gasteiger partial charge is 0.376 e. The molecule has 23 heavy (non-hydrogen) atoms. The van der Waals surface area contributed by atoms with Gasteiger partial charge in [-0.05, 0) is 44.4 Å². The molecule has 6 nitrogen and oxygen atoms in total. The summed E-state index contributed by atoms with van der Waals surface area (Å²) in [6, 6.07) is 6.56. The first-order valence-corrected chi connectivity index (χ1v) is 9.55. The molecule has 1 atom stereocenters. The number of rotatable bonds is 6. The van der Waals surface area contributed by atoms with Gasteiger partial charge in [0.25, 0.3) is 0 Å². The summed E-state index contributed by atoms with van der Waals surface area (Å²) >= 11 is 0. The zero-order valence-electron chi connectivity index (χ0n) is 13.5. The number of sulfone groups is 1. The minimum absolute atomic E-state index is 0.0101. The molecule has 2 N–H and O–H groups in total. The van der Waals surface area contributed by atoms with Gasteiger partial charge in [-0.1, -0.05) is 12.1 Å². The fraction of sp³-hybridized carbons (Fsp3) is 0.562. The summed E-state index contributed by atoms with van der Waals surface area (Å²) < 4.78 is 29.2. The van der Waals surface area contributed by atoms with Crippen LogP contribution >= 0.6 is 0 Å². The van der Waals surface area contributed by atoms with Crippen LogP contribution < -0.4 is 10.6 Å². The van der Waals surface area contributed by atoms with Crippen molar-refractivity contribution in [2.45, 2.75) is 43.8 Å². The molecule has 0 saturated carbocycles. The van der Waals surface area contributed by atoms with Gasteiger partial charge < -0.3 is 15.4 Å². The third kappa shape index (κ3) is 5.51. The molecule has 2 amide bonds. The first-order chi connectivity index (χ1) is 10.9. The molecule has 0 unspecified atom stereocenters. The Kier molecular flexibility index (Phi) is 6.01. The summed E-state index contributed by atoms with van der Waals surface area (Å²) in [6.45, 7) is 4.60. The van der Waals surface area contributed by atoms with Crippen LogP contribution in [0, 0.1) is 0 Å². The van der Waals surface area contributed by atoms with Crippen molar-refractivity contribution in [1.29, 1.82) is 0 Å². The molecule has 1 aromatic rings. The van der Waals surface area contributed by atoms with Gasteiger partial charge in [0.15, 0.2) is 9.84 Å². The normalized spacial score (nSPS) is 18.1. The van der Waals surface area contributed by atoms with Crippen LogP contribution in [0.2, 0.25) is 0 Å². The molecule has 0 bridgehead atoms. The molecule has 1 aliphatic rings. The Balaban J connectivity index is 1.83. The topological polar surface area (TPSA) is 84.5 Å². The number of anilines is 1. The Morgan fingerprint density at radius 2 is 2.00 bits per heavy atom. The summed E-state index contributed by atoms with van der Waals surface area (Å²) in [6.07, 6.45) is 2.11. The summed E-state index contributed by atoms with van der Waals surface area (Å²) in [5.41, 5.74) is 1.34. The molecule has 128 valence electrons. The minimum Gasteiger partial charge on any atom is -0.376 e. The van der Waals surface area contributed by atoms with Crippen molar-refractivity contribution in [1.82, 2.24) is 5.32 Å². The number of ether oxygens (including phenoxy) is 1. The Morgan fingerprint density at radius 1 is 1.30 bits per heavy atom. The molecule has 0 spiro atoms. The summed E-state index contributed by atoms with van der Waals surface area (Å²) in [7, 11) is -3.12. The highest BCUT2D eigenvalue weighted by Crippen LogP contribution is 2.15. The van der Waals surface area contributed by atoms with Gasteiger partial charge in [0.1, 0.15) is 0 Å². The van der Waals surface area contributed by atoms with Gasteiger partial charge in [0, 0.05) is 18.8 Å². The number of hydrogen-bond donors (Lipinski definition) is 2. The molecule has 1 aromatic carbocycles. The van der Waals surface area contributed by atoms with E-state index >= 15 is 0 Å². The molecular formula is C16H24N2O4S. The second-order valence-electron chi connectivity index (χ2n) is 6.02. The van der Waals surface area contributed by atoms with Crippen molar-refractivity contribution in [3.05, 3.63) is 29.8 Å². The maximum atomic E-state index is 11.9. The lowest BCUT2D eigenvalue weighted by Crippen LogP contribution is -2.35. The number of carbonyl (C=O) groups is 1. The van der Waals surface area contributed by atoms with Gasteiger partial charge in [-0.15, -0.1) is 0 Å². The van der Waals surface area contributed by atoms with Crippen molar-refractivity contribution in [3.8, 4) is 0 Å². The van der Waals surface area contributed by atoms with E-state index in [-0.39, 0.29) is 17.9 Å². The smallest absolute Gasteiger partial charge is 0.319 e. The van der Waals surface area contributed by atoms with Crippen LogP contribution in [0.15, 0.2) is 24.3 Å². The molecule has 0 radical (unpaired) electrons. The van der Waals surface area contributed by atoms with E-state index in [9.17, 15) is 13.2 Å². The van der Waals surface area contributed by atoms with Gasteiger partial charge in [-0.25, -0.2) is 13.2 Å². The van der Waals surface area contributed by atoms with E-state index in [4.69, 9.17) is 4.74 Å². The van der Waals surface area contributed by atoms with E-state index in [1.807, 2.05) is 0 Å². The Bertz CT molecular complexity index is 620. The summed E-state index contributed by atoms with van der Waals surface area (Å²) in [5, 5.41) is 5.09. The molecule has 7 heteroatoms. The standard InChI is InChI=1S/C16H24N2O4S/c1-12(2)23(20,21)11-13-5-7-14(8-6-13)18-16(19)17-10-15-4-3-9-22-15/h5-8,12,15H,3-4,9-11H2,1-2H3,(H2,17,18,19)/t15-/m1/s1. The second-order valence-corrected chi connectivity index (χ2v) is 8.58.